The Morgan fingerprint density at radius 2 is 1.81 bits per heavy atom. The maximum atomic E-state index is 5.40. The van der Waals surface area contributed by atoms with Crippen LogP contribution >= 0.6 is 15.9 Å². The van der Waals surface area contributed by atoms with Crippen molar-refractivity contribution in [2.75, 3.05) is 54.5 Å². The van der Waals surface area contributed by atoms with Crippen LogP contribution in [-0.4, -0.2) is 60.4 Å². The first kappa shape index (κ1) is 17.5. The van der Waals surface area contributed by atoms with Gasteiger partial charge in [-0.05, 0) is 47.0 Å². The van der Waals surface area contributed by atoms with Crippen LogP contribution < -0.4 is 15.1 Å². The van der Waals surface area contributed by atoms with E-state index in [1.807, 2.05) is 30.6 Å². The van der Waals surface area contributed by atoms with Crippen molar-refractivity contribution in [2.45, 2.75) is 18.9 Å². The van der Waals surface area contributed by atoms with Crippen LogP contribution in [0.25, 0.3) is 0 Å². The van der Waals surface area contributed by atoms with Crippen LogP contribution in [0.15, 0.2) is 35.1 Å². The molecular formula is C18H23BrN6O. The van der Waals surface area contributed by atoms with E-state index < -0.39 is 0 Å². The Hall–Kier alpha value is -1.93. The van der Waals surface area contributed by atoms with Gasteiger partial charge in [-0.2, -0.15) is 4.98 Å². The van der Waals surface area contributed by atoms with Crippen molar-refractivity contribution in [3.63, 3.8) is 0 Å². The highest BCUT2D eigenvalue weighted by Gasteiger charge is 2.22. The number of anilines is 3. The van der Waals surface area contributed by atoms with Crippen molar-refractivity contribution in [2.24, 2.45) is 0 Å². The molecule has 2 fully saturated rings. The Kier molecular flexibility index (Phi) is 5.50. The van der Waals surface area contributed by atoms with E-state index in [1.165, 1.54) is 0 Å². The van der Waals surface area contributed by atoms with E-state index in [1.54, 1.807) is 0 Å². The minimum Gasteiger partial charge on any atom is -0.378 e. The Morgan fingerprint density at radius 3 is 2.58 bits per heavy atom. The highest BCUT2D eigenvalue weighted by atomic mass is 79.9. The molecule has 2 aliphatic rings. The minimum absolute atomic E-state index is 0.418. The maximum Gasteiger partial charge on any atom is 0.227 e. The third-order valence-electron chi connectivity index (χ3n) is 4.82. The van der Waals surface area contributed by atoms with Crippen molar-refractivity contribution in [1.82, 2.24) is 15.0 Å². The van der Waals surface area contributed by atoms with E-state index in [0.717, 1.165) is 74.3 Å². The SMILES string of the molecule is Brc1cccnc1N1CCC(Nc2ccnc(N3CCOCC3)n2)CC1. The van der Waals surface area contributed by atoms with E-state index in [-0.39, 0.29) is 0 Å². The monoisotopic (exact) mass is 418 g/mol. The lowest BCUT2D eigenvalue weighted by atomic mass is 10.1. The highest BCUT2D eigenvalue weighted by molar-refractivity contribution is 9.10. The van der Waals surface area contributed by atoms with Crippen LogP contribution in [0.3, 0.4) is 0 Å². The van der Waals surface area contributed by atoms with Crippen LogP contribution in [0, 0.1) is 0 Å². The summed E-state index contributed by atoms with van der Waals surface area (Å²) in [5.74, 6) is 2.72. The molecule has 138 valence electrons. The molecule has 2 aromatic heterocycles. The third kappa shape index (κ3) is 4.07. The first-order valence-electron chi connectivity index (χ1n) is 9.07. The predicted molar refractivity (Wildman–Crippen MR) is 106 cm³/mol. The number of halogens is 1. The standard InChI is InChI=1S/C18H23BrN6O/c19-15-2-1-6-20-17(15)24-8-4-14(5-9-24)22-16-3-7-21-18(23-16)25-10-12-26-13-11-25/h1-3,6-7,14H,4-5,8-13H2,(H,21,22,23). The zero-order valence-electron chi connectivity index (χ0n) is 14.6. The summed E-state index contributed by atoms with van der Waals surface area (Å²) < 4.78 is 6.46. The fourth-order valence-corrected chi connectivity index (χ4v) is 3.91. The Bertz CT molecular complexity index is 731. The fraction of sp³-hybridized carbons (Fsp3) is 0.500. The third-order valence-corrected chi connectivity index (χ3v) is 5.44. The average molecular weight is 419 g/mol. The lowest BCUT2D eigenvalue weighted by molar-refractivity contribution is 0.122. The summed E-state index contributed by atoms with van der Waals surface area (Å²) in [6.45, 7) is 5.13. The fourth-order valence-electron chi connectivity index (χ4n) is 3.40. The number of nitrogens with zero attached hydrogens (tertiary/aromatic N) is 5. The van der Waals surface area contributed by atoms with Crippen LogP contribution in [-0.2, 0) is 4.74 Å². The number of ether oxygens (including phenoxy) is 1. The molecule has 0 saturated carbocycles. The molecule has 0 aromatic carbocycles. The number of morpholine rings is 1. The second-order valence-corrected chi connectivity index (χ2v) is 7.41. The Morgan fingerprint density at radius 1 is 1.00 bits per heavy atom. The molecule has 4 rings (SSSR count). The lowest BCUT2D eigenvalue weighted by Gasteiger charge is -2.34. The Labute approximate surface area is 161 Å². The maximum absolute atomic E-state index is 5.40. The number of piperidine rings is 1. The van der Waals surface area contributed by atoms with E-state index in [4.69, 9.17) is 9.72 Å². The molecule has 7 nitrogen and oxygen atoms in total. The van der Waals surface area contributed by atoms with Gasteiger partial charge in [-0.15, -0.1) is 0 Å². The lowest BCUT2D eigenvalue weighted by Crippen LogP contribution is -2.40. The number of hydrogen-bond donors (Lipinski definition) is 1. The number of nitrogens with one attached hydrogen (secondary N) is 1. The summed E-state index contributed by atoms with van der Waals surface area (Å²) in [5.41, 5.74) is 0. The van der Waals surface area contributed by atoms with Gasteiger partial charge in [0.05, 0.1) is 17.7 Å². The first-order chi connectivity index (χ1) is 12.8. The van der Waals surface area contributed by atoms with Gasteiger partial charge in [-0.3, -0.25) is 0 Å². The van der Waals surface area contributed by atoms with Gasteiger partial charge in [0.2, 0.25) is 5.95 Å². The summed E-state index contributed by atoms with van der Waals surface area (Å²) in [7, 11) is 0. The smallest absolute Gasteiger partial charge is 0.227 e. The number of aromatic nitrogens is 3. The van der Waals surface area contributed by atoms with Crippen molar-refractivity contribution in [3.05, 3.63) is 35.1 Å². The zero-order valence-corrected chi connectivity index (χ0v) is 16.2. The average Bonchev–Trinajstić information content (AvgIpc) is 2.70. The van der Waals surface area contributed by atoms with Crippen molar-refractivity contribution < 1.29 is 4.74 Å². The molecule has 0 spiro atoms. The summed E-state index contributed by atoms with van der Waals surface area (Å²) in [6, 6.07) is 6.36. The van der Waals surface area contributed by atoms with Crippen LogP contribution in [0.1, 0.15) is 12.8 Å². The van der Waals surface area contributed by atoms with Crippen molar-refractivity contribution in [3.8, 4) is 0 Å². The number of hydrogen-bond acceptors (Lipinski definition) is 7. The molecule has 4 heterocycles. The molecule has 0 amide bonds. The molecule has 0 radical (unpaired) electrons. The van der Waals surface area contributed by atoms with Gasteiger partial charge in [0, 0.05) is 44.6 Å². The van der Waals surface area contributed by atoms with Crippen molar-refractivity contribution in [1.29, 1.82) is 0 Å². The normalized spacial score (nSPS) is 18.8. The molecule has 2 aromatic rings. The van der Waals surface area contributed by atoms with E-state index in [9.17, 15) is 0 Å². The molecule has 0 unspecified atom stereocenters. The van der Waals surface area contributed by atoms with Gasteiger partial charge < -0.3 is 19.9 Å². The first-order valence-corrected chi connectivity index (χ1v) is 9.86. The molecule has 8 heteroatoms. The van der Waals surface area contributed by atoms with Gasteiger partial charge >= 0.3 is 0 Å². The summed E-state index contributed by atoms with van der Waals surface area (Å²) in [4.78, 5) is 18.1. The molecule has 2 aliphatic heterocycles. The van der Waals surface area contributed by atoms with Crippen molar-refractivity contribution >= 4 is 33.5 Å². The highest BCUT2D eigenvalue weighted by Crippen LogP contribution is 2.26. The van der Waals surface area contributed by atoms with Gasteiger partial charge in [0.1, 0.15) is 11.6 Å². The molecule has 26 heavy (non-hydrogen) atoms. The van der Waals surface area contributed by atoms with Gasteiger partial charge in [-0.1, -0.05) is 0 Å². The van der Waals surface area contributed by atoms with Crippen LogP contribution in [0.2, 0.25) is 0 Å². The van der Waals surface area contributed by atoms with Crippen LogP contribution in [0.5, 0.6) is 0 Å². The zero-order chi connectivity index (χ0) is 17.8. The predicted octanol–water partition coefficient (Wildman–Crippen LogP) is 2.55. The van der Waals surface area contributed by atoms with E-state index in [0.29, 0.717) is 6.04 Å². The quantitative estimate of drug-likeness (QED) is 0.817. The van der Waals surface area contributed by atoms with Gasteiger partial charge in [-0.25, -0.2) is 9.97 Å². The minimum atomic E-state index is 0.418. The molecule has 1 N–H and O–H groups in total. The summed E-state index contributed by atoms with van der Waals surface area (Å²) >= 11 is 3.60. The number of pyridine rings is 1. The molecule has 0 bridgehead atoms. The topological polar surface area (TPSA) is 66.4 Å². The molecule has 0 atom stereocenters. The summed E-state index contributed by atoms with van der Waals surface area (Å²) in [5, 5.41) is 3.58. The van der Waals surface area contributed by atoms with E-state index >= 15 is 0 Å². The Balaban J connectivity index is 1.35. The van der Waals surface area contributed by atoms with E-state index in [2.05, 4.69) is 41.0 Å². The summed E-state index contributed by atoms with van der Waals surface area (Å²) in [6.07, 6.45) is 5.79. The molecular weight excluding hydrogens is 396 g/mol. The van der Waals surface area contributed by atoms with Gasteiger partial charge in [0.15, 0.2) is 0 Å². The molecule has 2 saturated heterocycles. The second kappa shape index (κ2) is 8.18. The van der Waals surface area contributed by atoms with Crippen LogP contribution in [0.4, 0.5) is 17.6 Å². The van der Waals surface area contributed by atoms with Gasteiger partial charge in [0.25, 0.3) is 0 Å². The molecule has 0 aliphatic carbocycles. The number of rotatable bonds is 4. The largest absolute Gasteiger partial charge is 0.378 e. The second-order valence-electron chi connectivity index (χ2n) is 6.56.